The van der Waals surface area contributed by atoms with Crippen LogP contribution >= 0.6 is 12.4 Å². The zero-order chi connectivity index (χ0) is 19.7. The Morgan fingerprint density at radius 2 is 1.82 bits per heavy atom. The van der Waals surface area contributed by atoms with Gasteiger partial charge in [-0.1, -0.05) is 6.07 Å². The Morgan fingerprint density at radius 3 is 2.46 bits per heavy atom. The van der Waals surface area contributed by atoms with Crippen molar-refractivity contribution in [1.82, 2.24) is 4.72 Å². The van der Waals surface area contributed by atoms with E-state index in [0.29, 0.717) is 24.6 Å². The molecule has 0 aromatic heterocycles. The van der Waals surface area contributed by atoms with Gasteiger partial charge in [0.05, 0.1) is 11.5 Å². The Bertz CT molecular complexity index is 860. The van der Waals surface area contributed by atoms with Crippen molar-refractivity contribution >= 4 is 34.0 Å². The van der Waals surface area contributed by atoms with E-state index < -0.39 is 15.9 Å². The topological polar surface area (TPSA) is 120 Å². The second-order valence-corrected chi connectivity index (χ2v) is 7.30. The minimum absolute atomic E-state index is 0. The molecule has 2 rings (SSSR count). The number of benzene rings is 2. The number of amides is 1. The van der Waals surface area contributed by atoms with Gasteiger partial charge in [0.2, 0.25) is 10.0 Å². The lowest BCUT2D eigenvalue weighted by atomic mass is 10.2. The Kier molecular flexibility index (Phi) is 9.91. The highest BCUT2D eigenvalue weighted by molar-refractivity contribution is 7.89. The summed E-state index contributed by atoms with van der Waals surface area (Å²) in [6.07, 6.45) is 0. The van der Waals surface area contributed by atoms with Gasteiger partial charge in [0.15, 0.2) is 0 Å². The minimum Gasteiger partial charge on any atom is -0.492 e. The second-order valence-electron chi connectivity index (χ2n) is 5.53. The van der Waals surface area contributed by atoms with Crippen LogP contribution in [-0.4, -0.2) is 47.7 Å². The number of carbonyl (C=O) groups excluding carboxylic acids is 1. The quantitative estimate of drug-likeness (QED) is 0.494. The van der Waals surface area contributed by atoms with E-state index in [1.165, 1.54) is 25.3 Å². The maximum atomic E-state index is 12.4. The molecule has 0 spiro atoms. The molecule has 28 heavy (non-hydrogen) atoms. The summed E-state index contributed by atoms with van der Waals surface area (Å²) < 4.78 is 37.1. The highest BCUT2D eigenvalue weighted by atomic mass is 35.5. The minimum atomic E-state index is -3.71. The summed E-state index contributed by atoms with van der Waals surface area (Å²) >= 11 is 0. The number of methoxy groups -OCH3 is 1. The number of ether oxygens (including phenoxy) is 2. The van der Waals surface area contributed by atoms with Gasteiger partial charge in [0, 0.05) is 31.5 Å². The third-order valence-corrected chi connectivity index (χ3v) is 4.96. The van der Waals surface area contributed by atoms with Crippen LogP contribution in [0.15, 0.2) is 53.4 Å². The van der Waals surface area contributed by atoms with Gasteiger partial charge >= 0.3 is 0 Å². The summed E-state index contributed by atoms with van der Waals surface area (Å²) in [6.45, 7) is 1.22. The number of hydrogen-bond donors (Lipinski definition) is 3. The first kappa shape index (κ1) is 23.9. The average molecular weight is 430 g/mol. The van der Waals surface area contributed by atoms with E-state index >= 15 is 0 Å². The van der Waals surface area contributed by atoms with E-state index in [1.54, 1.807) is 30.3 Å². The summed E-state index contributed by atoms with van der Waals surface area (Å²) in [5, 5.41) is 2.72. The number of sulfonamides is 1. The van der Waals surface area contributed by atoms with Crippen LogP contribution in [0.3, 0.4) is 0 Å². The zero-order valence-corrected chi connectivity index (χ0v) is 17.0. The van der Waals surface area contributed by atoms with Crippen LogP contribution in [0.2, 0.25) is 0 Å². The molecule has 0 saturated heterocycles. The average Bonchev–Trinajstić information content (AvgIpc) is 2.67. The second kappa shape index (κ2) is 11.6. The molecule has 4 N–H and O–H groups in total. The Morgan fingerprint density at radius 1 is 1.11 bits per heavy atom. The molecule has 0 unspecified atom stereocenters. The Hall–Kier alpha value is -2.17. The molecule has 1 amide bonds. The number of anilines is 1. The molecule has 0 heterocycles. The third kappa shape index (κ3) is 7.10. The number of carbonyl (C=O) groups is 1. The number of nitrogens with one attached hydrogen (secondary N) is 2. The van der Waals surface area contributed by atoms with E-state index in [-0.39, 0.29) is 36.0 Å². The molecule has 0 aliphatic heterocycles. The molecule has 154 valence electrons. The van der Waals surface area contributed by atoms with Gasteiger partial charge in [-0.05, 0) is 42.5 Å². The maximum Gasteiger partial charge on any atom is 0.255 e. The van der Waals surface area contributed by atoms with Gasteiger partial charge in [-0.25, -0.2) is 13.1 Å². The Labute approximate surface area is 170 Å². The van der Waals surface area contributed by atoms with Gasteiger partial charge in [0.25, 0.3) is 5.91 Å². The van der Waals surface area contributed by atoms with E-state index in [9.17, 15) is 13.2 Å². The molecule has 0 aliphatic rings. The monoisotopic (exact) mass is 429 g/mol. The van der Waals surface area contributed by atoms with Gasteiger partial charge in [0.1, 0.15) is 12.4 Å². The van der Waals surface area contributed by atoms with Crippen LogP contribution < -0.4 is 20.5 Å². The van der Waals surface area contributed by atoms with Gasteiger partial charge < -0.3 is 20.5 Å². The molecule has 2 aromatic carbocycles. The summed E-state index contributed by atoms with van der Waals surface area (Å²) in [5.74, 6) is 0.230. The van der Waals surface area contributed by atoms with Crippen LogP contribution in [0.1, 0.15) is 10.4 Å². The fraction of sp³-hybridized carbons (Fsp3) is 0.278. The van der Waals surface area contributed by atoms with E-state index in [1.807, 2.05) is 0 Å². The van der Waals surface area contributed by atoms with E-state index in [2.05, 4.69) is 10.0 Å². The molecular formula is C18H24ClN3O5S. The van der Waals surface area contributed by atoms with Crippen LogP contribution in [0.25, 0.3) is 0 Å². The fourth-order valence-corrected chi connectivity index (χ4v) is 3.24. The lowest BCUT2D eigenvalue weighted by Gasteiger charge is -2.10. The number of hydrogen-bond acceptors (Lipinski definition) is 6. The summed E-state index contributed by atoms with van der Waals surface area (Å²) in [5.41, 5.74) is 6.17. The van der Waals surface area contributed by atoms with Crippen LogP contribution in [0.5, 0.6) is 5.75 Å². The van der Waals surface area contributed by atoms with Gasteiger partial charge in [-0.15, -0.1) is 12.4 Å². The van der Waals surface area contributed by atoms with Crippen LogP contribution in [0.4, 0.5) is 5.69 Å². The highest BCUT2D eigenvalue weighted by Gasteiger charge is 2.16. The molecule has 0 radical (unpaired) electrons. The summed E-state index contributed by atoms with van der Waals surface area (Å²) in [6, 6.07) is 12.6. The number of nitrogens with two attached hydrogens (primary N) is 1. The molecule has 0 aliphatic carbocycles. The van der Waals surface area contributed by atoms with Crippen molar-refractivity contribution in [2.75, 3.05) is 38.7 Å². The standard InChI is InChI=1S/C18H23N3O5S.ClH/c1-25-12-10-20-27(23,24)17-4-2-3-14(13-17)18(22)21-15-5-7-16(8-6-15)26-11-9-19;/h2-8,13,20H,9-12,19H2,1H3,(H,21,22);1H. The molecule has 0 saturated carbocycles. The van der Waals surface area contributed by atoms with Crippen molar-refractivity contribution in [3.63, 3.8) is 0 Å². The van der Waals surface area contributed by atoms with Gasteiger partial charge in [-0.2, -0.15) is 0 Å². The first-order chi connectivity index (χ1) is 13.0. The third-order valence-electron chi connectivity index (χ3n) is 3.50. The molecule has 0 fully saturated rings. The van der Waals surface area contributed by atoms with Crippen LogP contribution in [0, 0.1) is 0 Å². The SMILES string of the molecule is COCCNS(=O)(=O)c1cccc(C(=O)Nc2ccc(OCCN)cc2)c1.Cl. The molecular weight excluding hydrogens is 406 g/mol. The lowest BCUT2D eigenvalue weighted by Crippen LogP contribution is -2.27. The van der Waals surface area contributed by atoms with Crippen molar-refractivity contribution in [2.45, 2.75) is 4.90 Å². The number of rotatable bonds is 10. The number of halogens is 1. The van der Waals surface area contributed by atoms with E-state index in [4.69, 9.17) is 15.2 Å². The van der Waals surface area contributed by atoms with E-state index in [0.717, 1.165) is 0 Å². The maximum absolute atomic E-state index is 12.4. The largest absolute Gasteiger partial charge is 0.492 e. The summed E-state index contributed by atoms with van der Waals surface area (Å²) in [4.78, 5) is 12.4. The molecule has 10 heteroatoms. The van der Waals surface area contributed by atoms with Crippen molar-refractivity contribution in [3.8, 4) is 5.75 Å². The predicted octanol–water partition coefficient (Wildman–Crippen LogP) is 1.62. The predicted molar refractivity (Wildman–Crippen MR) is 110 cm³/mol. The molecule has 0 bridgehead atoms. The molecule has 2 aromatic rings. The molecule has 8 nitrogen and oxygen atoms in total. The lowest BCUT2D eigenvalue weighted by molar-refractivity contribution is 0.102. The summed E-state index contributed by atoms with van der Waals surface area (Å²) in [7, 11) is -2.23. The van der Waals surface area contributed by atoms with Gasteiger partial charge in [-0.3, -0.25) is 4.79 Å². The van der Waals surface area contributed by atoms with Crippen molar-refractivity contribution in [3.05, 3.63) is 54.1 Å². The molecule has 0 atom stereocenters. The first-order valence-corrected chi connectivity index (χ1v) is 9.77. The van der Waals surface area contributed by atoms with Crippen molar-refractivity contribution < 1.29 is 22.7 Å². The zero-order valence-electron chi connectivity index (χ0n) is 15.4. The van der Waals surface area contributed by atoms with Crippen molar-refractivity contribution in [2.24, 2.45) is 5.73 Å². The fourth-order valence-electron chi connectivity index (χ4n) is 2.18. The first-order valence-electron chi connectivity index (χ1n) is 8.29. The van der Waals surface area contributed by atoms with Crippen LogP contribution in [-0.2, 0) is 14.8 Å². The highest BCUT2D eigenvalue weighted by Crippen LogP contribution is 2.17. The van der Waals surface area contributed by atoms with Crippen molar-refractivity contribution in [1.29, 1.82) is 0 Å². The smallest absolute Gasteiger partial charge is 0.255 e. The Balaban J connectivity index is 0.00000392. The normalized spacial score (nSPS) is 10.8.